The zero-order chi connectivity index (χ0) is 21.5. The van der Waals surface area contributed by atoms with E-state index in [1.54, 1.807) is 6.07 Å². The Morgan fingerprint density at radius 1 is 1.10 bits per heavy atom. The van der Waals surface area contributed by atoms with Gasteiger partial charge in [0.2, 0.25) is 5.91 Å². The van der Waals surface area contributed by atoms with Gasteiger partial charge in [-0.25, -0.2) is 8.78 Å². The molecule has 0 spiro atoms. The van der Waals surface area contributed by atoms with Crippen LogP contribution < -0.4 is 15.5 Å². The average molecular weight is 456 g/mol. The summed E-state index contributed by atoms with van der Waals surface area (Å²) in [4.78, 5) is 13.5. The number of hydrogen-bond donors (Lipinski definition) is 3. The van der Waals surface area contributed by atoms with Gasteiger partial charge in [0.15, 0.2) is 0 Å². The van der Waals surface area contributed by atoms with Gasteiger partial charge in [-0.3, -0.25) is 4.79 Å². The molecular weight excluding hydrogens is 435 g/mol. The quantitative estimate of drug-likeness (QED) is 0.589. The summed E-state index contributed by atoms with van der Waals surface area (Å²) in [6, 6.07) is 5.63. The normalized spacial score (nSPS) is 18.0. The molecular formula is C21H21Cl2F2N3O2. The van der Waals surface area contributed by atoms with E-state index in [4.69, 9.17) is 23.2 Å². The molecule has 0 aliphatic carbocycles. The van der Waals surface area contributed by atoms with Gasteiger partial charge in [0, 0.05) is 37.3 Å². The van der Waals surface area contributed by atoms with Crippen LogP contribution in [0.15, 0.2) is 24.3 Å². The predicted molar refractivity (Wildman–Crippen MR) is 115 cm³/mol. The summed E-state index contributed by atoms with van der Waals surface area (Å²) in [5.74, 6) is -1.24. The Hall–Kier alpha value is -2.09. The first-order valence-corrected chi connectivity index (χ1v) is 10.5. The Morgan fingerprint density at radius 3 is 2.57 bits per heavy atom. The summed E-state index contributed by atoms with van der Waals surface area (Å²) in [5, 5.41) is 17.1. The molecule has 0 saturated carbocycles. The molecule has 1 fully saturated rings. The molecule has 3 N–H and O–H groups in total. The number of nitrogens with zero attached hydrogens (tertiary/aromatic N) is 1. The number of amides is 1. The van der Waals surface area contributed by atoms with Crippen LogP contribution >= 0.6 is 23.2 Å². The highest BCUT2D eigenvalue weighted by atomic mass is 35.5. The van der Waals surface area contributed by atoms with Crippen LogP contribution in [-0.2, 0) is 11.2 Å². The van der Waals surface area contributed by atoms with E-state index in [9.17, 15) is 18.7 Å². The van der Waals surface area contributed by atoms with E-state index in [2.05, 4.69) is 10.6 Å². The second-order valence-electron chi connectivity index (χ2n) is 7.78. The molecule has 1 saturated heterocycles. The SMILES string of the molecule is O=C1CCc2c(NCC3(O)CCN(c4cc(Cl)c(F)cc4Cl)CC3)ccc(F)c2N1. The summed E-state index contributed by atoms with van der Waals surface area (Å²) in [6.07, 6.45) is 1.67. The molecule has 2 aliphatic heterocycles. The molecule has 1 amide bonds. The van der Waals surface area contributed by atoms with Gasteiger partial charge in [0.25, 0.3) is 0 Å². The first kappa shape index (κ1) is 21.2. The van der Waals surface area contributed by atoms with Gasteiger partial charge in [-0.15, -0.1) is 0 Å². The van der Waals surface area contributed by atoms with Crippen molar-refractivity contribution in [1.82, 2.24) is 0 Å². The highest BCUT2D eigenvalue weighted by molar-refractivity contribution is 6.35. The molecule has 9 heteroatoms. The summed E-state index contributed by atoms with van der Waals surface area (Å²) >= 11 is 12.0. The molecule has 160 valence electrons. The van der Waals surface area contributed by atoms with E-state index in [0.717, 1.165) is 0 Å². The van der Waals surface area contributed by atoms with Crippen molar-refractivity contribution in [2.45, 2.75) is 31.3 Å². The second kappa shape index (κ2) is 8.21. The van der Waals surface area contributed by atoms with E-state index in [1.165, 1.54) is 18.2 Å². The first-order chi connectivity index (χ1) is 14.3. The molecule has 2 aromatic carbocycles. The average Bonchev–Trinajstić information content (AvgIpc) is 2.71. The maximum atomic E-state index is 14.0. The number of carbonyl (C=O) groups excluding carboxylic acids is 1. The van der Waals surface area contributed by atoms with Crippen molar-refractivity contribution in [1.29, 1.82) is 0 Å². The van der Waals surface area contributed by atoms with Gasteiger partial charge >= 0.3 is 0 Å². The number of rotatable bonds is 4. The van der Waals surface area contributed by atoms with E-state index in [0.29, 0.717) is 55.7 Å². The largest absolute Gasteiger partial charge is 0.388 e. The zero-order valence-electron chi connectivity index (χ0n) is 16.1. The summed E-state index contributed by atoms with van der Waals surface area (Å²) < 4.78 is 27.6. The van der Waals surface area contributed by atoms with Gasteiger partial charge in [-0.05, 0) is 43.5 Å². The van der Waals surface area contributed by atoms with Crippen LogP contribution in [0.5, 0.6) is 0 Å². The minimum absolute atomic E-state index is 0.00470. The van der Waals surface area contributed by atoms with Crippen molar-refractivity contribution in [3.05, 3.63) is 51.5 Å². The van der Waals surface area contributed by atoms with Crippen LogP contribution in [0.2, 0.25) is 10.0 Å². The van der Waals surface area contributed by atoms with E-state index in [1.807, 2.05) is 4.90 Å². The highest BCUT2D eigenvalue weighted by Gasteiger charge is 2.33. The number of hydrogen-bond acceptors (Lipinski definition) is 4. The molecule has 0 atom stereocenters. The number of fused-ring (bicyclic) bond motifs is 1. The second-order valence-corrected chi connectivity index (χ2v) is 8.59. The number of anilines is 3. The summed E-state index contributed by atoms with van der Waals surface area (Å²) in [6.45, 7) is 1.33. The van der Waals surface area contributed by atoms with Crippen molar-refractivity contribution in [3.8, 4) is 0 Å². The molecule has 2 aliphatic rings. The Balaban J connectivity index is 1.42. The number of halogens is 4. The highest BCUT2D eigenvalue weighted by Crippen LogP contribution is 2.36. The Kier molecular flexibility index (Phi) is 5.79. The fourth-order valence-corrected chi connectivity index (χ4v) is 4.40. The predicted octanol–water partition coefficient (Wildman–Crippen LogP) is 4.60. The van der Waals surface area contributed by atoms with Crippen LogP contribution in [0, 0.1) is 11.6 Å². The van der Waals surface area contributed by atoms with Crippen molar-refractivity contribution < 1.29 is 18.7 Å². The molecule has 0 unspecified atom stereocenters. The third-order valence-electron chi connectivity index (χ3n) is 5.76. The molecule has 0 bridgehead atoms. The lowest BCUT2D eigenvalue weighted by atomic mass is 9.90. The number of aliphatic hydroxyl groups is 1. The maximum absolute atomic E-state index is 14.0. The maximum Gasteiger partial charge on any atom is 0.224 e. The lowest BCUT2D eigenvalue weighted by Gasteiger charge is -2.40. The Bertz CT molecular complexity index is 995. The van der Waals surface area contributed by atoms with E-state index < -0.39 is 17.2 Å². The summed E-state index contributed by atoms with van der Waals surface area (Å²) in [7, 11) is 0. The zero-order valence-corrected chi connectivity index (χ0v) is 17.6. The van der Waals surface area contributed by atoms with Crippen molar-refractivity contribution in [3.63, 3.8) is 0 Å². The van der Waals surface area contributed by atoms with Gasteiger partial charge in [-0.2, -0.15) is 0 Å². The minimum atomic E-state index is -0.966. The molecule has 2 heterocycles. The molecule has 0 radical (unpaired) electrons. The van der Waals surface area contributed by atoms with Crippen LogP contribution in [0.3, 0.4) is 0 Å². The molecule has 4 rings (SSSR count). The molecule has 0 aromatic heterocycles. The van der Waals surface area contributed by atoms with E-state index >= 15 is 0 Å². The molecule has 2 aromatic rings. The van der Waals surface area contributed by atoms with Crippen LogP contribution in [0.1, 0.15) is 24.8 Å². The van der Waals surface area contributed by atoms with Gasteiger partial charge in [-0.1, -0.05) is 23.2 Å². The Morgan fingerprint density at radius 2 is 1.83 bits per heavy atom. The van der Waals surface area contributed by atoms with Crippen LogP contribution in [-0.4, -0.2) is 36.2 Å². The third kappa shape index (κ3) is 4.19. The number of nitrogens with one attached hydrogen (secondary N) is 2. The number of carbonyl (C=O) groups is 1. The van der Waals surface area contributed by atoms with E-state index in [-0.39, 0.29) is 28.2 Å². The van der Waals surface area contributed by atoms with Gasteiger partial charge in [0.05, 0.1) is 27.0 Å². The number of benzene rings is 2. The van der Waals surface area contributed by atoms with Gasteiger partial charge in [0.1, 0.15) is 11.6 Å². The van der Waals surface area contributed by atoms with Crippen LogP contribution in [0.25, 0.3) is 0 Å². The van der Waals surface area contributed by atoms with Gasteiger partial charge < -0.3 is 20.6 Å². The summed E-state index contributed by atoms with van der Waals surface area (Å²) in [5.41, 5.74) is 1.30. The fourth-order valence-electron chi connectivity index (χ4n) is 3.97. The van der Waals surface area contributed by atoms with Crippen molar-refractivity contribution in [2.75, 3.05) is 35.2 Å². The molecule has 30 heavy (non-hydrogen) atoms. The van der Waals surface area contributed by atoms with Crippen molar-refractivity contribution in [2.24, 2.45) is 0 Å². The topological polar surface area (TPSA) is 64.6 Å². The monoisotopic (exact) mass is 455 g/mol. The lowest BCUT2D eigenvalue weighted by Crippen LogP contribution is -2.48. The molecule has 5 nitrogen and oxygen atoms in total. The smallest absolute Gasteiger partial charge is 0.224 e. The Labute approximate surface area is 183 Å². The lowest BCUT2D eigenvalue weighted by molar-refractivity contribution is -0.116. The fraction of sp³-hybridized carbons (Fsp3) is 0.381. The third-order valence-corrected chi connectivity index (χ3v) is 6.35. The standard InChI is InChI=1S/C21H21Cl2F2N3O2/c22-13-10-18(14(23)9-16(13)25)28-7-5-21(30,6-8-28)11-26-17-3-2-15(24)20-12(17)1-4-19(29)27-20/h2-3,9-10,26,30H,1,4-8,11H2,(H,27,29). The minimum Gasteiger partial charge on any atom is -0.388 e. The van der Waals surface area contributed by atoms with Crippen LogP contribution in [0.4, 0.5) is 25.8 Å². The van der Waals surface area contributed by atoms with Crippen molar-refractivity contribution >= 4 is 46.2 Å². The number of piperidine rings is 1. The first-order valence-electron chi connectivity index (χ1n) is 9.73.